The summed E-state index contributed by atoms with van der Waals surface area (Å²) in [6, 6.07) is 3.91. The lowest BCUT2D eigenvalue weighted by Gasteiger charge is -2.36. The van der Waals surface area contributed by atoms with Crippen molar-refractivity contribution in [2.24, 2.45) is 11.3 Å². The van der Waals surface area contributed by atoms with Crippen LogP contribution in [0.25, 0.3) is 0 Å². The molecule has 0 N–H and O–H groups in total. The Bertz CT molecular complexity index is 424. The summed E-state index contributed by atoms with van der Waals surface area (Å²) in [6.07, 6.45) is 5.59. The Balaban J connectivity index is 2.24. The smallest absolute Gasteiger partial charge is 0.129 e. The molecule has 0 radical (unpaired) electrons. The van der Waals surface area contributed by atoms with E-state index in [1.54, 1.807) is 6.07 Å². The highest BCUT2D eigenvalue weighted by Crippen LogP contribution is 2.45. The number of hydrogen-bond acceptors (Lipinski definition) is 0. The molecule has 0 nitrogen and oxygen atoms in total. The standard InChI is InChI=1S/C15H18Br2F2/c16-9-15(10-17,12-3-1-2-4-12)8-11-5-6-13(18)7-14(11)19/h5-7,12H,1-4,8-10H2. The zero-order chi connectivity index (χ0) is 13.9. The second-order valence-electron chi connectivity index (χ2n) is 5.52. The molecule has 0 saturated heterocycles. The molecule has 106 valence electrons. The molecule has 0 bridgehead atoms. The van der Waals surface area contributed by atoms with E-state index < -0.39 is 11.6 Å². The first kappa shape index (κ1) is 15.4. The van der Waals surface area contributed by atoms with E-state index in [-0.39, 0.29) is 5.41 Å². The van der Waals surface area contributed by atoms with Crippen molar-refractivity contribution in [2.75, 3.05) is 10.7 Å². The van der Waals surface area contributed by atoms with Crippen molar-refractivity contribution in [3.8, 4) is 0 Å². The molecule has 2 rings (SSSR count). The molecule has 1 fully saturated rings. The zero-order valence-corrected chi connectivity index (χ0v) is 13.9. The van der Waals surface area contributed by atoms with Gasteiger partial charge < -0.3 is 0 Å². The van der Waals surface area contributed by atoms with Gasteiger partial charge in [-0.1, -0.05) is 50.8 Å². The fourth-order valence-corrected chi connectivity index (χ4v) is 5.32. The molecule has 0 amide bonds. The van der Waals surface area contributed by atoms with Crippen molar-refractivity contribution < 1.29 is 8.78 Å². The maximum absolute atomic E-state index is 13.9. The van der Waals surface area contributed by atoms with Crippen LogP contribution in [0.1, 0.15) is 31.2 Å². The SMILES string of the molecule is Fc1ccc(CC(CBr)(CBr)C2CCCC2)c(F)c1. The first-order valence-electron chi connectivity index (χ1n) is 6.67. The monoisotopic (exact) mass is 394 g/mol. The van der Waals surface area contributed by atoms with E-state index in [2.05, 4.69) is 31.9 Å². The Hall–Kier alpha value is 0.0400. The van der Waals surface area contributed by atoms with Crippen LogP contribution >= 0.6 is 31.9 Å². The molecule has 1 aromatic rings. The van der Waals surface area contributed by atoms with Crippen LogP contribution in [0.4, 0.5) is 8.78 Å². The molecule has 1 aromatic carbocycles. The van der Waals surface area contributed by atoms with E-state index in [0.717, 1.165) is 16.7 Å². The molecular formula is C15H18Br2F2. The first-order valence-corrected chi connectivity index (χ1v) is 8.91. The summed E-state index contributed by atoms with van der Waals surface area (Å²) in [5.74, 6) is -0.328. The molecule has 0 aromatic heterocycles. The summed E-state index contributed by atoms with van der Waals surface area (Å²) in [5, 5.41) is 1.68. The van der Waals surface area contributed by atoms with Gasteiger partial charge >= 0.3 is 0 Å². The van der Waals surface area contributed by atoms with Gasteiger partial charge in [0, 0.05) is 16.7 Å². The van der Waals surface area contributed by atoms with Crippen LogP contribution in [0, 0.1) is 23.0 Å². The molecule has 0 atom stereocenters. The summed E-state index contributed by atoms with van der Waals surface area (Å²) < 4.78 is 26.9. The van der Waals surface area contributed by atoms with E-state index in [0.29, 0.717) is 17.9 Å². The Morgan fingerprint density at radius 1 is 1.11 bits per heavy atom. The van der Waals surface area contributed by atoms with E-state index >= 15 is 0 Å². The van der Waals surface area contributed by atoms with Gasteiger partial charge in [-0.2, -0.15) is 0 Å². The van der Waals surface area contributed by atoms with Crippen molar-refractivity contribution >= 4 is 31.9 Å². The van der Waals surface area contributed by atoms with Gasteiger partial charge in [-0.3, -0.25) is 0 Å². The zero-order valence-electron chi connectivity index (χ0n) is 10.8. The lowest BCUT2D eigenvalue weighted by Crippen LogP contribution is -2.35. The van der Waals surface area contributed by atoms with Crippen LogP contribution in [-0.4, -0.2) is 10.7 Å². The highest BCUT2D eigenvalue weighted by molar-refractivity contribution is 9.09. The van der Waals surface area contributed by atoms with Gasteiger partial charge in [-0.05, 0) is 42.2 Å². The summed E-state index contributed by atoms with van der Waals surface area (Å²) in [6.45, 7) is 0. The van der Waals surface area contributed by atoms with Crippen LogP contribution in [0.5, 0.6) is 0 Å². The van der Waals surface area contributed by atoms with Gasteiger partial charge in [-0.15, -0.1) is 0 Å². The maximum Gasteiger partial charge on any atom is 0.129 e. The molecule has 1 saturated carbocycles. The van der Waals surface area contributed by atoms with E-state index in [1.807, 2.05) is 0 Å². The molecule has 4 heteroatoms. The molecule has 19 heavy (non-hydrogen) atoms. The molecule has 1 aliphatic rings. The van der Waals surface area contributed by atoms with E-state index in [1.165, 1.54) is 31.7 Å². The molecule has 1 aliphatic carbocycles. The number of benzene rings is 1. The Morgan fingerprint density at radius 3 is 2.26 bits per heavy atom. The van der Waals surface area contributed by atoms with Crippen LogP contribution in [-0.2, 0) is 6.42 Å². The highest BCUT2D eigenvalue weighted by Gasteiger charge is 2.39. The summed E-state index contributed by atoms with van der Waals surface area (Å²) >= 11 is 7.23. The Morgan fingerprint density at radius 2 is 1.74 bits per heavy atom. The predicted molar refractivity (Wildman–Crippen MR) is 82.0 cm³/mol. The lowest BCUT2D eigenvalue weighted by molar-refractivity contribution is 0.230. The normalized spacial score (nSPS) is 17.1. The van der Waals surface area contributed by atoms with Gasteiger partial charge in [0.1, 0.15) is 11.6 Å². The maximum atomic E-state index is 13.9. The molecule has 0 unspecified atom stereocenters. The van der Waals surface area contributed by atoms with Crippen LogP contribution in [0.2, 0.25) is 0 Å². The summed E-state index contributed by atoms with van der Waals surface area (Å²) in [7, 11) is 0. The fraction of sp³-hybridized carbons (Fsp3) is 0.600. The van der Waals surface area contributed by atoms with Crippen LogP contribution in [0.15, 0.2) is 18.2 Å². The number of rotatable bonds is 5. The topological polar surface area (TPSA) is 0 Å². The van der Waals surface area contributed by atoms with E-state index in [4.69, 9.17) is 0 Å². The third-order valence-corrected chi connectivity index (χ3v) is 6.54. The van der Waals surface area contributed by atoms with Crippen LogP contribution < -0.4 is 0 Å². The molecular weight excluding hydrogens is 378 g/mol. The highest BCUT2D eigenvalue weighted by atomic mass is 79.9. The minimum absolute atomic E-state index is 0.0230. The minimum Gasteiger partial charge on any atom is -0.207 e. The van der Waals surface area contributed by atoms with Crippen molar-refractivity contribution in [2.45, 2.75) is 32.1 Å². The molecule has 0 heterocycles. The fourth-order valence-electron chi connectivity index (χ4n) is 3.08. The Kier molecular flexibility index (Phi) is 5.41. The van der Waals surface area contributed by atoms with Crippen molar-refractivity contribution in [3.05, 3.63) is 35.4 Å². The van der Waals surface area contributed by atoms with Gasteiger partial charge in [0.2, 0.25) is 0 Å². The number of alkyl halides is 2. The average molecular weight is 396 g/mol. The largest absolute Gasteiger partial charge is 0.207 e. The van der Waals surface area contributed by atoms with Crippen molar-refractivity contribution in [1.82, 2.24) is 0 Å². The Labute approximate surface area is 130 Å². The predicted octanol–water partition coefficient (Wildman–Crippen LogP) is 5.47. The van der Waals surface area contributed by atoms with Gasteiger partial charge in [-0.25, -0.2) is 8.78 Å². The van der Waals surface area contributed by atoms with Gasteiger partial charge in [0.05, 0.1) is 0 Å². The van der Waals surface area contributed by atoms with Gasteiger partial charge in [0.25, 0.3) is 0 Å². The van der Waals surface area contributed by atoms with Crippen molar-refractivity contribution in [1.29, 1.82) is 0 Å². The lowest BCUT2D eigenvalue weighted by atomic mass is 9.73. The third kappa shape index (κ3) is 3.38. The van der Waals surface area contributed by atoms with Crippen molar-refractivity contribution in [3.63, 3.8) is 0 Å². The van der Waals surface area contributed by atoms with Gasteiger partial charge in [0.15, 0.2) is 0 Å². The average Bonchev–Trinajstić information content (AvgIpc) is 2.93. The first-order chi connectivity index (χ1) is 9.11. The second kappa shape index (κ2) is 6.66. The minimum atomic E-state index is -0.509. The number of halogens is 4. The van der Waals surface area contributed by atoms with E-state index in [9.17, 15) is 8.78 Å². The van der Waals surface area contributed by atoms with Crippen LogP contribution in [0.3, 0.4) is 0 Å². The molecule has 0 spiro atoms. The molecule has 0 aliphatic heterocycles. The number of hydrogen-bond donors (Lipinski definition) is 0. The summed E-state index contributed by atoms with van der Waals surface area (Å²) in [4.78, 5) is 0. The second-order valence-corrected chi connectivity index (χ2v) is 6.64. The quantitative estimate of drug-likeness (QED) is 0.579. The third-order valence-electron chi connectivity index (χ3n) is 4.31. The summed E-state index contributed by atoms with van der Waals surface area (Å²) in [5.41, 5.74) is 0.641.